The summed E-state index contributed by atoms with van der Waals surface area (Å²) in [5.41, 5.74) is 3.40. The van der Waals surface area contributed by atoms with Gasteiger partial charge in [0.25, 0.3) is 0 Å². The van der Waals surface area contributed by atoms with Crippen LogP contribution in [-0.2, 0) is 14.0 Å². The molecule has 0 bridgehead atoms. The lowest BCUT2D eigenvalue weighted by Gasteiger charge is -2.09. The van der Waals surface area contributed by atoms with Crippen LogP contribution in [0, 0.1) is 0 Å². The molecule has 12 heteroatoms. The third-order valence-corrected chi connectivity index (χ3v) is 7.56. The standard InChI is InChI=1S/C32H19N2O9P/c1-39-31(35)18-7-10-26-24(13-18)33-29(41-26)20-5-3-4-16-12-17-6-9-21(28(43-44(37)38)23(17)15-22(16)20)30-34-25-14-19(32(36)40-2)8-11-27(25)42-30/h3-15H,1-2H3/p+1. The van der Waals surface area contributed by atoms with E-state index in [1.54, 1.807) is 36.4 Å². The van der Waals surface area contributed by atoms with Gasteiger partial charge in [-0.1, -0.05) is 18.2 Å². The third kappa shape index (κ3) is 4.60. The molecule has 0 radical (unpaired) electrons. The van der Waals surface area contributed by atoms with Crippen molar-refractivity contribution in [2.45, 2.75) is 0 Å². The summed E-state index contributed by atoms with van der Waals surface area (Å²) in [5.74, 6) is -0.470. The summed E-state index contributed by atoms with van der Waals surface area (Å²) in [7, 11) is -0.468. The predicted molar refractivity (Wildman–Crippen MR) is 161 cm³/mol. The number of oxazole rings is 2. The largest absolute Gasteiger partial charge is 0.747 e. The SMILES string of the molecule is COC(=O)c1ccc2oc(-c3ccc4cc5cccc(-c6nc7cc(C(=O)OC)ccc7o6)c5cc4c3O[P+](=O)O)nc2c1. The molecule has 2 aromatic heterocycles. The molecule has 1 unspecified atom stereocenters. The maximum atomic E-state index is 12.0. The Hall–Kier alpha value is -5.64. The molecule has 0 spiro atoms. The Kier molecular flexibility index (Phi) is 6.54. The van der Waals surface area contributed by atoms with Crippen molar-refractivity contribution >= 4 is 63.9 Å². The van der Waals surface area contributed by atoms with Gasteiger partial charge in [0.05, 0.1) is 30.9 Å². The second-order valence-corrected chi connectivity index (χ2v) is 10.4. The van der Waals surface area contributed by atoms with Gasteiger partial charge in [-0.3, -0.25) is 0 Å². The Morgan fingerprint density at radius 3 is 1.89 bits per heavy atom. The number of carbonyl (C=O) groups is 2. The number of rotatable bonds is 6. The van der Waals surface area contributed by atoms with Crippen LogP contribution in [-0.4, -0.2) is 41.0 Å². The molecule has 0 saturated carbocycles. The Balaban J connectivity index is 1.41. The molecular formula is C32H20N2O9P+. The highest BCUT2D eigenvalue weighted by Crippen LogP contribution is 2.43. The maximum Gasteiger partial charge on any atom is 0.747 e. The highest BCUT2D eigenvalue weighted by Gasteiger charge is 2.26. The van der Waals surface area contributed by atoms with E-state index in [0.29, 0.717) is 55.7 Å². The molecule has 1 atom stereocenters. The minimum Gasteiger partial charge on any atom is -0.465 e. The van der Waals surface area contributed by atoms with Gasteiger partial charge < -0.3 is 18.3 Å². The normalized spacial score (nSPS) is 11.8. The van der Waals surface area contributed by atoms with E-state index in [9.17, 15) is 19.0 Å². The van der Waals surface area contributed by atoms with Gasteiger partial charge in [-0.25, -0.2) is 24.1 Å². The zero-order chi connectivity index (χ0) is 30.5. The molecule has 7 rings (SSSR count). The third-order valence-electron chi connectivity index (χ3n) is 7.22. The summed E-state index contributed by atoms with van der Waals surface area (Å²) < 4.78 is 39.2. The molecule has 7 aromatic rings. The fourth-order valence-corrected chi connectivity index (χ4v) is 5.53. The van der Waals surface area contributed by atoms with Crippen LogP contribution >= 0.6 is 8.25 Å². The number of hydrogen-bond donors (Lipinski definition) is 1. The molecule has 1 N–H and O–H groups in total. The molecular weight excluding hydrogens is 587 g/mol. The van der Waals surface area contributed by atoms with E-state index in [1.165, 1.54) is 20.3 Å². The topological polar surface area (TPSA) is 151 Å². The van der Waals surface area contributed by atoms with Gasteiger partial charge in [0.15, 0.2) is 11.2 Å². The first-order chi connectivity index (χ1) is 21.3. The fraction of sp³-hybridized carbons (Fsp3) is 0.0625. The van der Waals surface area contributed by atoms with Crippen molar-refractivity contribution < 1.29 is 41.9 Å². The van der Waals surface area contributed by atoms with E-state index in [-0.39, 0.29) is 11.6 Å². The van der Waals surface area contributed by atoms with E-state index >= 15 is 0 Å². The molecule has 5 aromatic carbocycles. The van der Waals surface area contributed by atoms with Crippen LogP contribution in [0.3, 0.4) is 0 Å². The summed E-state index contributed by atoms with van der Waals surface area (Å²) in [4.78, 5) is 43.0. The van der Waals surface area contributed by atoms with Crippen LogP contribution in [0.1, 0.15) is 20.7 Å². The van der Waals surface area contributed by atoms with Crippen molar-refractivity contribution in [2.75, 3.05) is 14.2 Å². The quantitative estimate of drug-likeness (QED) is 0.116. The predicted octanol–water partition coefficient (Wildman–Crippen LogP) is 7.21. The summed E-state index contributed by atoms with van der Waals surface area (Å²) >= 11 is 0. The van der Waals surface area contributed by atoms with E-state index in [0.717, 1.165) is 16.2 Å². The summed E-state index contributed by atoms with van der Waals surface area (Å²) in [6.07, 6.45) is 0. The number of esters is 2. The van der Waals surface area contributed by atoms with Crippen molar-refractivity contribution in [3.8, 4) is 28.7 Å². The molecule has 0 aliphatic carbocycles. The van der Waals surface area contributed by atoms with Crippen molar-refractivity contribution in [3.63, 3.8) is 0 Å². The highest BCUT2D eigenvalue weighted by molar-refractivity contribution is 7.32. The number of fused-ring (bicyclic) bond motifs is 4. The van der Waals surface area contributed by atoms with Crippen molar-refractivity contribution in [3.05, 3.63) is 90.0 Å². The van der Waals surface area contributed by atoms with E-state index < -0.39 is 20.2 Å². The number of hydrogen-bond acceptors (Lipinski definition) is 10. The maximum absolute atomic E-state index is 12.0. The smallest absolute Gasteiger partial charge is 0.465 e. The number of methoxy groups -OCH3 is 2. The van der Waals surface area contributed by atoms with Gasteiger partial charge in [-0.15, -0.1) is 4.89 Å². The minimum absolute atomic E-state index is 0.0860. The van der Waals surface area contributed by atoms with Crippen LogP contribution in [0.4, 0.5) is 0 Å². The summed E-state index contributed by atoms with van der Waals surface area (Å²) in [6, 6.07) is 22.5. The molecule has 0 fully saturated rings. The molecule has 0 aliphatic heterocycles. The van der Waals surface area contributed by atoms with Gasteiger partial charge >= 0.3 is 20.2 Å². The fourth-order valence-electron chi connectivity index (χ4n) is 5.18. The Morgan fingerprint density at radius 2 is 1.30 bits per heavy atom. The van der Waals surface area contributed by atoms with E-state index in [4.69, 9.17) is 22.8 Å². The van der Waals surface area contributed by atoms with E-state index in [2.05, 4.69) is 9.97 Å². The lowest BCUT2D eigenvalue weighted by Crippen LogP contribution is -2.00. The minimum atomic E-state index is -3.06. The summed E-state index contributed by atoms with van der Waals surface area (Å²) in [6.45, 7) is 0. The average molecular weight is 607 g/mol. The molecule has 216 valence electrons. The Morgan fingerprint density at radius 1 is 0.705 bits per heavy atom. The first-order valence-corrected chi connectivity index (χ1v) is 14.3. The van der Waals surface area contributed by atoms with Gasteiger partial charge in [0, 0.05) is 15.5 Å². The Labute approximate surface area is 248 Å². The van der Waals surface area contributed by atoms with Gasteiger partial charge in [-0.05, 0) is 76.8 Å². The Bertz CT molecular complexity index is 2320. The first-order valence-electron chi connectivity index (χ1n) is 13.1. The van der Waals surface area contributed by atoms with Crippen LogP contribution < -0.4 is 4.52 Å². The van der Waals surface area contributed by atoms with Crippen molar-refractivity contribution in [1.82, 2.24) is 9.97 Å². The monoisotopic (exact) mass is 607 g/mol. The second-order valence-electron chi connectivity index (χ2n) is 9.76. The number of carbonyl (C=O) groups excluding carboxylic acids is 2. The molecule has 0 saturated heterocycles. The van der Waals surface area contributed by atoms with Crippen molar-refractivity contribution in [2.24, 2.45) is 0 Å². The first kappa shape index (κ1) is 27.2. The molecule has 11 nitrogen and oxygen atoms in total. The van der Waals surface area contributed by atoms with Gasteiger partial charge in [0.1, 0.15) is 11.0 Å². The van der Waals surface area contributed by atoms with Gasteiger partial charge in [-0.2, -0.15) is 0 Å². The molecule has 0 aliphatic rings. The number of nitrogens with zero attached hydrogens (tertiary/aromatic N) is 2. The van der Waals surface area contributed by atoms with Gasteiger partial charge in [0.2, 0.25) is 17.5 Å². The average Bonchev–Trinajstić information content (AvgIpc) is 3.66. The molecule has 44 heavy (non-hydrogen) atoms. The molecule has 2 heterocycles. The lowest BCUT2D eigenvalue weighted by atomic mass is 9.97. The molecule has 0 amide bonds. The lowest BCUT2D eigenvalue weighted by molar-refractivity contribution is 0.0592. The number of ether oxygens (including phenoxy) is 2. The zero-order valence-corrected chi connectivity index (χ0v) is 24.0. The van der Waals surface area contributed by atoms with Crippen LogP contribution in [0.2, 0.25) is 0 Å². The van der Waals surface area contributed by atoms with Crippen LogP contribution in [0.5, 0.6) is 5.75 Å². The van der Waals surface area contributed by atoms with Crippen molar-refractivity contribution in [1.29, 1.82) is 0 Å². The number of benzene rings is 5. The van der Waals surface area contributed by atoms with E-state index in [1.807, 2.05) is 36.4 Å². The second kappa shape index (κ2) is 10.6. The summed E-state index contributed by atoms with van der Waals surface area (Å²) in [5, 5.41) is 2.84. The number of aromatic nitrogens is 2. The zero-order valence-electron chi connectivity index (χ0n) is 23.1. The van der Waals surface area contributed by atoms with Crippen LogP contribution in [0.15, 0.2) is 87.7 Å². The highest BCUT2D eigenvalue weighted by atomic mass is 31.1. The van der Waals surface area contributed by atoms with Crippen LogP contribution in [0.25, 0.3) is 66.7 Å².